The molecule has 0 aliphatic carbocycles. The lowest BCUT2D eigenvalue weighted by atomic mass is 10.0. The van der Waals surface area contributed by atoms with Crippen LogP contribution in [0.1, 0.15) is 0 Å². The Morgan fingerprint density at radius 3 is 1.41 bits per heavy atom. The van der Waals surface area contributed by atoms with Crippen molar-refractivity contribution in [2.24, 2.45) is 0 Å². The van der Waals surface area contributed by atoms with Crippen molar-refractivity contribution in [1.29, 1.82) is 0 Å². The molecule has 0 fully saturated rings. The first-order valence-electron chi connectivity index (χ1n) is 21.8. The molecule has 2 nitrogen and oxygen atoms in total. The topological polar surface area (TPSA) is 9.86 Å². The van der Waals surface area contributed by atoms with Crippen LogP contribution in [-0.2, 0) is 0 Å². The van der Waals surface area contributed by atoms with Gasteiger partial charge in [-0.3, -0.25) is 0 Å². The molecule has 0 atom stereocenters. The summed E-state index contributed by atoms with van der Waals surface area (Å²) in [7, 11) is -2.75. The van der Waals surface area contributed by atoms with Crippen molar-refractivity contribution in [2.75, 3.05) is 0 Å². The van der Waals surface area contributed by atoms with Crippen molar-refractivity contribution in [1.82, 2.24) is 9.13 Å². The molecule has 0 N–H and O–H groups in total. The number of hydrogen-bond acceptors (Lipinski definition) is 0. The zero-order valence-electron chi connectivity index (χ0n) is 34.6. The largest absolute Gasteiger partial charge is 0.309 e. The quantitative estimate of drug-likeness (QED) is 0.107. The van der Waals surface area contributed by atoms with Crippen LogP contribution in [0.25, 0.3) is 77.2 Å². The summed E-state index contributed by atoms with van der Waals surface area (Å²) in [5, 5.41) is 10.4. The van der Waals surface area contributed by atoms with Crippen molar-refractivity contribution < 1.29 is 0 Å². The Morgan fingerprint density at radius 1 is 0.270 bits per heavy atom. The molecule has 0 saturated carbocycles. The van der Waals surface area contributed by atoms with Gasteiger partial charge >= 0.3 is 0 Å². The maximum Gasteiger partial charge on any atom is 0.179 e. The second kappa shape index (κ2) is 15.2. The van der Waals surface area contributed by atoms with Crippen LogP contribution < -0.4 is 20.7 Å². The lowest BCUT2D eigenvalue weighted by Gasteiger charge is -2.34. The van der Waals surface area contributed by atoms with Crippen molar-refractivity contribution in [3.05, 3.63) is 255 Å². The highest BCUT2D eigenvalue weighted by Gasteiger charge is 2.41. The van der Waals surface area contributed by atoms with Crippen LogP contribution in [0.5, 0.6) is 0 Å². The maximum atomic E-state index is 2.52. The summed E-state index contributed by atoms with van der Waals surface area (Å²) < 4.78 is 5.00. The first-order chi connectivity index (χ1) is 31.3. The normalized spacial score (nSPS) is 11.8. The molecule has 12 rings (SSSR count). The molecule has 0 saturated heterocycles. The highest BCUT2D eigenvalue weighted by Crippen LogP contribution is 2.42. The number of fused-ring (bicyclic) bond motifs is 6. The van der Waals surface area contributed by atoms with E-state index in [2.05, 4.69) is 264 Å². The molecule has 0 amide bonds. The number of rotatable bonds is 8. The van der Waals surface area contributed by atoms with Crippen LogP contribution in [-0.4, -0.2) is 17.2 Å². The summed E-state index contributed by atoms with van der Waals surface area (Å²) in [5.41, 5.74) is 11.8. The Morgan fingerprint density at radius 2 is 0.762 bits per heavy atom. The molecule has 0 unspecified atom stereocenters. The third kappa shape index (κ3) is 5.85. The highest BCUT2D eigenvalue weighted by atomic mass is 28.3. The van der Waals surface area contributed by atoms with Crippen LogP contribution in [0.15, 0.2) is 255 Å². The molecule has 63 heavy (non-hydrogen) atoms. The van der Waals surface area contributed by atoms with Gasteiger partial charge in [-0.15, -0.1) is 0 Å². The molecular formula is C60H42N2Si. The van der Waals surface area contributed by atoms with E-state index >= 15 is 0 Å². The van der Waals surface area contributed by atoms with E-state index in [1.54, 1.807) is 0 Å². The summed E-state index contributed by atoms with van der Waals surface area (Å²) in [6, 6.07) is 94.2. The number of nitrogens with zero attached hydrogens (tertiary/aromatic N) is 2. The van der Waals surface area contributed by atoms with E-state index in [-0.39, 0.29) is 0 Å². The molecule has 0 radical (unpaired) electrons. The van der Waals surface area contributed by atoms with Crippen LogP contribution >= 0.6 is 0 Å². The van der Waals surface area contributed by atoms with Crippen LogP contribution in [0, 0.1) is 0 Å². The van der Waals surface area contributed by atoms with Gasteiger partial charge < -0.3 is 9.13 Å². The van der Waals surface area contributed by atoms with Gasteiger partial charge in [-0.05, 0) is 62.2 Å². The van der Waals surface area contributed by atoms with Gasteiger partial charge in [0.1, 0.15) is 0 Å². The molecule has 0 aliphatic heterocycles. The first kappa shape index (κ1) is 36.8. The van der Waals surface area contributed by atoms with E-state index in [1.165, 1.54) is 86.6 Å². The number of benzene rings is 10. The smallest absolute Gasteiger partial charge is 0.179 e. The molecule has 0 aliphatic rings. The molecule has 296 valence electrons. The van der Waals surface area contributed by atoms with E-state index in [9.17, 15) is 0 Å². The van der Waals surface area contributed by atoms with Crippen molar-refractivity contribution in [3.63, 3.8) is 0 Å². The summed E-state index contributed by atoms with van der Waals surface area (Å²) in [5.74, 6) is 0. The predicted octanol–water partition coefficient (Wildman–Crippen LogP) is 12.6. The summed E-state index contributed by atoms with van der Waals surface area (Å²) in [4.78, 5) is 0. The van der Waals surface area contributed by atoms with E-state index in [1.807, 2.05) is 0 Å². The third-order valence-corrected chi connectivity index (χ3v) is 17.8. The average Bonchev–Trinajstić information content (AvgIpc) is 3.88. The van der Waals surface area contributed by atoms with Gasteiger partial charge in [0.2, 0.25) is 0 Å². The number of hydrogen-bond donors (Lipinski definition) is 0. The molecule has 10 aromatic carbocycles. The number of aromatic nitrogens is 2. The number of para-hydroxylation sites is 3. The Kier molecular flexibility index (Phi) is 8.87. The van der Waals surface area contributed by atoms with Crippen molar-refractivity contribution >= 4 is 72.4 Å². The van der Waals surface area contributed by atoms with Gasteiger partial charge in [-0.25, -0.2) is 0 Å². The minimum absolute atomic E-state index is 1.13. The Balaban J connectivity index is 1.15. The predicted molar refractivity (Wildman–Crippen MR) is 270 cm³/mol. The second-order valence-electron chi connectivity index (χ2n) is 16.4. The minimum Gasteiger partial charge on any atom is -0.309 e. The highest BCUT2D eigenvalue weighted by molar-refractivity contribution is 7.20. The Hall–Kier alpha value is -7.98. The molecule has 2 heterocycles. The average molecular weight is 819 g/mol. The lowest BCUT2D eigenvalue weighted by molar-refractivity contribution is 1.16. The van der Waals surface area contributed by atoms with Crippen LogP contribution in [0.2, 0.25) is 0 Å². The van der Waals surface area contributed by atoms with E-state index in [0.29, 0.717) is 0 Å². The molecule has 0 bridgehead atoms. The zero-order valence-corrected chi connectivity index (χ0v) is 35.6. The third-order valence-electron chi connectivity index (χ3n) is 13.1. The van der Waals surface area contributed by atoms with E-state index in [4.69, 9.17) is 0 Å². The molecule has 12 aromatic rings. The molecule has 3 heteroatoms. The van der Waals surface area contributed by atoms with Crippen LogP contribution in [0.4, 0.5) is 0 Å². The van der Waals surface area contributed by atoms with Gasteiger partial charge in [0.25, 0.3) is 0 Å². The first-order valence-corrected chi connectivity index (χ1v) is 23.8. The standard InChI is InChI=1S/C60H42N2Si/c1-6-21-43(22-7-1)50-31-16-18-35-56(50)62-59-41-45(37-39-53(59)54-34-20-33-51(60(54)62)44-23-8-2-9-24-44)61-57-36-19-17-32-52(57)55-42-49(38-40-58(55)61)63(46-25-10-3-11-26-46,47-27-12-4-13-28-47)48-29-14-5-15-30-48/h1-42H. The fraction of sp³-hybridized carbons (Fsp3) is 0. The van der Waals surface area contributed by atoms with Crippen molar-refractivity contribution in [3.8, 4) is 33.6 Å². The van der Waals surface area contributed by atoms with Gasteiger partial charge in [-0.2, -0.15) is 0 Å². The van der Waals surface area contributed by atoms with Gasteiger partial charge in [-0.1, -0.05) is 224 Å². The minimum atomic E-state index is -2.75. The van der Waals surface area contributed by atoms with E-state index < -0.39 is 8.07 Å². The Labute approximate surface area is 368 Å². The lowest BCUT2D eigenvalue weighted by Crippen LogP contribution is -2.74. The molecular weight excluding hydrogens is 777 g/mol. The van der Waals surface area contributed by atoms with Crippen LogP contribution in [0.3, 0.4) is 0 Å². The summed E-state index contributed by atoms with van der Waals surface area (Å²) in [6.07, 6.45) is 0. The Bertz CT molecular complexity index is 3500. The van der Waals surface area contributed by atoms with Gasteiger partial charge in [0.05, 0.1) is 27.8 Å². The second-order valence-corrected chi connectivity index (χ2v) is 20.2. The fourth-order valence-electron chi connectivity index (χ4n) is 10.4. The summed E-state index contributed by atoms with van der Waals surface area (Å²) in [6.45, 7) is 0. The monoisotopic (exact) mass is 818 g/mol. The SMILES string of the molecule is c1ccc(-c2ccccc2-n2c3cc(-n4c5ccccc5c5cc([Si](c6ccccc6)(c6ccccc6)c6ccccc6)ccc54)ccc3c3cccc(-c4ccccc4)c32)cc1. The summed E-state index contributed by atoms with van der Waals surface area (Å²) >= 11 is 0. The van der Waals surface area contributed by atoms with Gasteiger partial charge in [0, 0.05) is 38.4 Å². The van der Waals surface area contributed by atoms with Gasteiger partial charge in [0.15, 0.2) is 8.07 Å². The zero-order chi connectivity index (χ0) is 41.7. The van der Waals surface area contributed by atoms with Crippen molar-refractivity contribution in [2.45, 2.75) is 0 Å². The van der Waals surface area contributed by atoms with E-state index in [0.717, 1.165) is 11.4 Å². The fourth-order valence-corrected chi connectivity index (χ4v) is 15.1. The maximum absolute atomic E-state index is 2.75. The molecule has 0 spiro atoms. The molecule has 2 aromatic heterocycles.